The molecule has 0 fully saturated rings. The van der Waals surface area contributed by atoms with E-state index in [0.29, 0.717) is 6.42 Å². The van der Waals surface area contributed by atoms with E-state index in [0.717, 1.165) is 24.0 Å². The first-order valence-corrected chi connectivity index (χ1v) is 10.8. The van der Waals surface area contributed by atoms with Crippen molar-refractivity contribution in [3.8, 4) is 5.75 Å². The summed E-state index contributed by atoms with van der Waals surface area (Å²) >= 11 is 0. The number of fused-ring (bicyclic) bond motifs is 1. The molecule has 1 atom stereocenters. The maximum absolute atomic E-state index is 12.8. The minimum absolute atomic E-state index is 0.0185. The summed E-state index contributed by atoms with van der Waals surface area (Å²) in [5, 5.41) is 9.65. The van der Waals surface area contributed by atoms with E-state index >= 15 is 0 Å². The van der Waals surface area contributed by atoms with Crippen molar-refractivity contribution in [1.82, 2.24) is 4.90 Å². The molecule has 31 heavy (non-hydrogen) atoms. The zero-order valence-electron chi connectivity index (χ0n) is 19.5. The van der Waals surface area contributed by atoms with Gasteiger partial charge in [-0.1, -0.05) is 6.07 Å². The van der Waals surface area contributed by atoms with Crippen molar-refractivity contribution in [2.24, 2.45) is 0 Å². The van der Waals surface area contributed by atoms with Crippen LogP contribution in [0.15, 0.2) is 18.2 Å². The predicted molar refractivity (Wildman–Crippen MR) is 117 cm³/mol. The number of hydrogen-bond acceptors (Lipinski definition) is 6. The Balaban J connectivity index is 2.02. The number of benzene rings is 1. The molecule has 0 aliphatic heterocycles. The standard InChI is InChI=1S/C24H35NO6/c1-23(2,3)30-21(28)11-12-25(22(29)31-24(4,5)6)15-19(27)14-17-8-7-16-13-18(26)9-10-20(16)17/h9-10,13,17,26H,7-8,11-12,14-15H2,1-6H3. The number of ketones is 1. The molecular weight excluding hydrogens is 398 g/mol. The van der Waals surface area contributed by atoms with E-state index in [2.05, 4.69) is 0 Å². The van der Waals surface area contributed by atoms with Gasteiger partial charge >= 0.3 is 12.1 Å². The van der Waals surface area contributed by atoms with Gasteiger partial charge in [-0.05, 0) is 83.6 Å². The van der Waals surface area contributed by atoms with Crippen molar-refractivity contribution in [2.45, 2.75) is 84.3 Å². The highest BCUT2D eigenvalue weighted by molar-refractivity contribution is 5.85. The second-order valence-corrected chi connectivity index (χ2v) is 10.1. The number of nitrogens with zero attached hydrogens (tertiary/aromatic N) is 1. The van der Waals surface area contributed by atoms with Crippen LogP contribution in [0.4, 0.5) is 4.79 Å². The Morgan fingerprint density at radius 3 is 2.32 bits per heavy atom. The maximum Gasteiger partial charge on any atom is 0.410 e. The molecule has 0 bridgehead atoms. The zero-order chi connectivity index (χ0) is 23.4. The third kappa shape index (κ3) is 8.23. The lowest BCUT2D eigenvalue weighted by atomic mass is 9.95. The van der Waals surface area contributed by atoms with Gasteiger partial charge < -0.3 is 19.5 Å². The largest absolute Gasteiger partial charge is 0.508 e. The number of ether oxygens (including phenoxy) is 2. The third-order valence-electron chi connectivity index (χ3n) is 4.83. The number of esters is 1. The molecule has 0 saturated heterocycles. The molecule has 1 aliphatic rings. The lowest BCUT2D eigenvalue weighted by Crippen LogP contribution is -2.41. The molecule has 2 rings (SSSR count). The topological polar surface area (TPSA) is 93.1 Å². The summed E-state index contributed by atoms with van der Waals surface area (Å²) in [5.74, 6) is -0.238. The molecule has 0 saturated carbocycles. The summed E-state index contributed by atoms with van der Waals surface area (Å²) in [6, 6.07) is 5.24. The van der Waals surface area contributed by atoms with Gasteiger partial charge in [-0.25, -0.2) is 4.79 Å². The Labute approximate surface area is 184 Å². The van der Waals surface area contributed by atoms with E-state index in [-0.39, 0.29) is 37.0 Å². The molecule has 0 radical (unpaired) electrons. The number of hydrogen-bond donors (Lipinski definition) is 1. The monoisotopic (exact) mass is 433 g/mol. The fraction of sp³-hybridized carbons (Fsp3) is 0.625. The van der Waals surface area contributed by atoms with Crippen LogP contribution in [-0.2, 0) is 25.5 Å². The SMILES string of the molecule is CC(C)(C)OC(=O)CCN(CC(=O)CC1CCc2cc(O)ccc21)C(=O)OC(C)(C)C. The van der Waals surface area contributed by atoms with E-state index in [4.69, 9.17) is 9.47 Å². The van der Waals surface area contributed by atoms with E-state index in [1.807, 2.05) is 6.07 Å². The predicted octanol–water partition coefficient (Wildman–Crippen LogP) is 4.35. The lowest BCUT2D eigenvalue weighted by Gasteiger charge is -2.27. The number of carbonyl (C=O) groups excluding carboxylic acids is 3. The first-order valence-electron chi connectivity index (χ1n) is 10.8. The molecule has 0 aromatic heterocycles. The Hall–Kier alpha value is -2.57. The molecule has 1 aromatic carbocycles. The molecule has 1 aliphatic carbocycles. The smallest absolute Gasteiger partial charge is 0.410 e. The minimum Gasteiger partial charge on any atom is -0.508 e. The molecule has 172 valence electrons. The van der Waals surface area contributed by atoms with Crippen molar-refractivity contribution in [3.05, 3.63) is 29.3 Å². The van der Waals surface area contributed by atoms with Gasteiger partial charge in [0.1, 0.15) is 17.0 Å². The van der Waals surface area contributed by atoms with Crippen molar-refractivity contribution >= 4 is 17.8 Å². The van der Waals surface area contributed by atoms with Crippen molar-refractivity contribution in [1.29, 1.82) is 0 Å². The van der Waals surface area contributed by atoms with E-state index in [9.17, 15) is 19.5 Å². The molecule has 0 spiro atoms. The zero-order valence-corrected chi connectivity index (χ0v) is 19.5. The minimum atomic E-state index is -0.712. The van der Waals surface area contributed by atoms with E-state index < -0.39 is 23.3 Å². The maximum atomic E-state index is 12.8. The number of phenolic OH excluding ortho intramolecular Hbond substituents is 1. The Bertz CT molecular complexity index is 818. The number of carbonyl (C=O) groups is 3. The first-order chi connectivity index (χ1) is 14.2. The van der Waals surface area contributed by atoms with Gasteiger partial charge in [-0.15, -0.1) is 0 Å². The summed E-state index contributed by atoms with van der Waals surface area (Å²) in [5.41, 5.74) is 0.806. The average Bonchev–Trinajstić information content (AvgIpc) is 2.97. The van der Waals surface area contributed by atoms with Crippen molar-refractivity contribution in [3.63, 3.8) is 0 Å². The molecule has 1 amide bonds. The molecule has 0 heterocycles. The highest BCUT2D eigenvalue weighted by Crippen LogP contribution is 2.37. The number of aryl methyl sites for hydroxylation is 1. The highest BCUT2D eigenvalue weighted by atomic mass is 16.6. The summed E-state index contributed by atoms with van der Waals surface area (Å²) in [6.07, 6.45) is 1.30. The van der Waals surface area contributed by atoms with Gasteiger partial charge in [0.15, 0.2) is 5.78 Å². The van der Waals surface area contributed by atoms with Crippen LogP contribution in [0.1, 0.15) is 77.8 Å². The summed E-state index contributed by atoms with van der Waals surface area (Å²) in [7, 11) is 0. The van der Waals surface area contributed by atoms with Gasteiger partial charge in [0.25, 0.3) is 0 Å². The summed E-state index contributed by atoms with van der Waals surface area (Å²) in [4.78, 5) is 38.8. The van der Waals surface area contributed by atoms with Crippen molar-refractivity contribution < 1.29 is 29.0 Å². The van der Waals surface area contributed by atoms with Crippen LogP contribution in [0.2, 0.25) is 0 Å². The molecule has 1 unspecified atom stereocenters. The molecule has 1 N–H and O–H groups in total. The Morgan fingerprint density at radius 1 is 1.06 bits per heavy atom. The third-order valence-corrected chi connectivity index (χ3v) is 4.83. The quantitative estimate of drug-likeness (QED) is 0.643. The molecule has 1 aromatic rings. The fourth-order valence-electron chi connectivity index (χ4n) is 3.64. The van der Waals surface area contributed by atoms with Crippen molar-refractivity contribution in [2.75, 3.05) is 13.1 Å². The average molecular weight is 434 g/mol. The Morgan fingerprint density at radius 2 is 1.71 bits per heavy atom. The lowest BCUT2D eigenvalue weighted by molar-refractivity contribution is -0.155. The number of Topliss-reactive ketones (excluding diaryl/α,β-unsaturated/α-hetero) is 1. The Kier molecular flexibility index (Phi) is 7.73. The molecular formula is C24H35NO6. The van der Waals surface area contributed by atoms with Crippen LogP contribution < -0.4 is 0 Å². The van der Waals surface area contributed by atoms with Crippen LogP contribution >= 0.6 is 0 Å². The second-order valence-electron chi connectivity index (χ2n) is 10.1. The van der Waals surface area contributed by atoms with E-state index in [1.54, 1.807) is 53.7 Å². The summed E-state index contributed by atoms with van der Waals surface area (Å²) in [6.45, 7) is 10.5. The van der Waals surface area contributed by atoms with Crippen LogP contribution in [0, 0.1) is 0 Å². The van der Waals surface area contributed by atoms with Gasteiger partial charge in [0, 0.05) is 13.0 Å². The normalized spacial score (nSPS) is 15.9. The second kappa shape index (κ2) is 9.71. The number of amides is 1. The number of phenols is 1. The van der Waals surface area contributed by atoms with Crippen LogP contribution in [0.5, 0.6) is 5.75 Å². The van der Waals surface area contributed by atoms with E-state index in [1.165, 1.54) is 4.90 Å². The highest BCUT2D eigenvalue weighted by Gasteiger charge is 2.29. The number of rotatable bonds is 7. The van der Waals surface area contributed by atoms with Crippen LogP contribution in [0.3, 0.4) is 0 Å². The molecule has 7 nitrogen and oxygen atoms in total. The summed E-state index contributed by atoms with van der Waals surface area (Å²) < 4.78 is 10.7. The van der Waals surface area contributed by atoms with Gasteiger partial charge in [0.2, 0.25) is 0 Å². The van der Waals surface area contributed by atoms with Gasteiger partial charge in [0.05, 0.1) is 13.0 Å². The van der Waals surface area contributed by atoms with Gasteiger partial charge in [-0.2, -0.15) is 0 Å². The number of aromatic hydroxyl groups is 1. The van der Waals surface area contributed by atoms with Gasteiger partial charge in [-0.3, -0.25) is 9.59 Å². The fourth-order valence-corrected chi connectivity index (χ4v) is 3.64. The van der Waals surface area contributed by atoms with Crippen LogP contribution in [0.25, 0.3) is 0 Å². The van der Waals surface area contributed by atoms with Crippen LogP contribution in [-0.4, -0.2) is 52.1 Å². The molecule has 7 heteroatoms. The first kappa shape index (κ1) is 24.7.